The molecule has 1 amide bonds. The van der Waals surface area contributed by atoms with Gasteiger partial charge < -0.3 is 23.8 Å². The summed E-state index contributed by atoms with van der Waals surface area (Å²) in [5, 5.41) is 4.27. The Balaban J connectivity index is 1.41. The van der Waals surface area contributed by atoms with E-state index in [1.165, 1.54) is 11.8 Å². The van der Waals surface area contributed by atoms with E-state index in [1.807, 2.05) is 42.5 Å². The molecule has 1 aromatic heterocycles. The van der Waals surface area contributed by atoms with Crippen LogP contribution in [0, 0.1) is 0 Å². The van der Waals surface area contributed by atoms with E-state index in [9.17, 15) is 9.59 Å². The van der Waals surface area contributed by atoms with Gasteiger partial charge in [-0.1, -0.05) is 18.2 Å². The van der Waals surface area contributed by atoms with Gasteiger partial charge in [0.05, 0.1) is 33.2 Å². The Morgan fingerprint density at radius 2 is 1.61 bits per heavy atom. The van der Waals surface area contributed by atoms with E-state index in [1.54, 1.807) is 25.3 Å². The fourth-order valence-electron chi connectivity index (χ4n) is 3.74. The molecule has 0 saturated heterocycles. The fourth-order valence-corrected chi connectivity index (χ4v) is 3.74. The monoisotopic (exact) mass is 451 g/mol. The minimum Gasteiger partial charge on any atom is -0.493 e. The Kier molecular flexibility index (Phi) is 6.48. The van der Waals surface area contributed by atoms with Crippen LogP contribution in [0.4, 0.5) is 0 Å². The van der Waals surface area contributed by atoms with E-state index in [0.29, 0.717) is 31.0 Å². The number of hydrogen-bond acceptors (Lipinski definition) is 7. The zero-order valence-corrected chi connectivity index (χ0v) is 18.7. The summed E-state index contributed by atoms with van der Waals surface area (Å²) in [5.41, 5.74) is 2.85. The third kappa shape index (κ3) is 4.62. The average molecular weight is 451 g/mol. The Bertz CT molecular complexity index is 1160. The van der Waals surface area contributed by atoms with E-state index in [0.717, 1.165) is 16.8 Å². The smallest absolute Gasteiger partial charge is 0.363 e. The maximum absolute atomic E-state index is 12.7. The number of nitrogens with zero attached hydrogens (tertiary/aromatic N) is 3. The number of methoxy groups -OCH3 is 3. The van der Waals surface area contributed by atoms with Crippen molar-refractivity contribution in [2.24, 2.45) is 0 Å². The molecule has 0 atom stereocenters. The molecule has 0 radical (unpaired) electrons. The van der Waals surface area contributed by atoms with Gasteiger partial charge in [-0.2, -0.15) is 5.10 Å². The molecule has 0 spiro atoms. The minimum atomic E-state index is -0.723. The number of hydrogen-bond donors (Lipinski definition) is 0. The third-order valence-corrected chi connectivity index (χ3v) is 5.51. The van der Waals surface area contributed by atoms with Crippen LogP contribution in [0.1, 0.15) is 21.6 Å². The van der Waals surface area contributed by atoms with Gasteiger partial charge in [-0.15, -0.1) is 0 Å². The Labute approximate surface area is 191 Å². The molecule has 0 N–H and O–H groups in total. The molecule has 2 heterocycles. The molecule has 0 aliphatic carbocycles. The lowest BCUT2D eigenvalue weighted by atomic mass is 9.99. The standard InChI is InChI=1S/C24H25N3O6/c1-30-19-11-16-9-10-26(13-17(16)12-20(19)31-2)22(28)15-33-24(29)23-21(32-3)14-27(25-23)18-7-5-4-6-8-18/h4-8,11-12,14H,9-10,13,15H2,1-3H3. The largest absolute Gasteiger partial charge is 0.493 e. The SMILES string of the molecule is COc1cc2c(cc1OC)CN(C(=O)COC(=O)c1nn(-c3ccccc3)cc1OC)CC2. The molecule has 3 aromatic rings. The van der Waals surface area contributed by atoms with Gasteiger partial charge in [-0.05, 0) is 41.8 Å². The first-order valence-corrected chi connectivity index (χ1v) is 10.4. The van der Waals surface area contributed by atoms with Crippen molar-refractivity contribution in [3.63, 3.8) is 0 Å². The van der Waals surface area contributed by atoms with Crippen molar-refractivity contribution in [1.29, 1.82) is 0 Å². The van der Waals surface area contributed by atoms with E-state index in [4.69, 9.17) is 18.9 Å². The summed E-state index contributed by atoms with van der Waals surface area (Å²) >= 11 is 0. The summed E-state index contributed by atoms with van der Waals surface area (Å²) in [7, 11) is 4.61. The summed E-state index contributed by atoms with van der Waals surface area (Å²) in [5.74, 6) is 0.528. The Hall–Kier alpha value is -4.01. The van der Waals surface area contributed by atoms with Crippen LogP contribution in [0.25, 0.3) is 5.69 Å². The summed E-state index contributed by atoms with van der Waals surface area (Å²) in [6.07, 6.45) is 2.27. The van der Waals surface area contributed by atoms with Gasteiger partial charge in [-0.3, -0.25) is 4.79 Å². The molecule has 0 fully saturated rings. The number of esters is 1. The first kappa shape index (κ1) is 22.2. The molecule has 9 heteroatoms. The number of carbonyl (C=O) groups is 2. The Morgan fingerprint density at radius 1 is 0.939 bits per heavy atom. The number of benzene rings is 2. The highest BCUT2D eigenvalue weighted by molar-refractivity contribution is 5.92. The van der Waals surface area contributed by atoms with Crippen LogP contribution >= 0.6 is 0 Å². The predicted molar refractivity (Wildman–Crippen MR) is 119 cm³/mol. The number of ether oxygens (including phenoxy) is 4. The van der Waals surface area contributed by atoms with Crippen LogP contribution in [0.3, 0.4) is 0 Å². The van der Waals surface area contributed by atoms with Gasteiger partial charge in [0.2, 0.25) is 5.69 Å². The maximum Gasteiger partial charge on any atom is 0.363 e. The van der Waals surface area contributed by atoms with Crippen molar-refractivity contribution in [3.05, 3.63) is 65.5 Å². The zero-order valence-electron chi connectivity index (χ0n) is 18.7. The third-order valence-electron chi connectivity index (χ3n) is 5.51. The van der Waals surface area contributed by atoms with Gasteiger partial charge >= 0.3 is 5.97 Å². The van der Waals surface area contributed by atoms with Gasteiger partial charge in [-0.25, -0.2) is 9.48 Å². The highest BCUT2D eigenvalue weighted by atomic mass is 16.5. The van der Waals surface area contributed by atoms with Crippen molar-refractivity contribution < 1.29 is 28.5 Å². The summed E-state index contributed by atoms with van der Waals surface area (Å²) in [4.78, 5) is 27.0. The van der Waals surface area contributed by atoms with Gasteiger partial charge in [0.1, 0.15) is 0 Å². The van der Waals surface area contributed by atoms with Crippen molar-refractivity contribution in [1.82, 2.24) is 14.7 Å². The maximum atomic E-state index is 12.7. The molecule has 0 unspecified atom stereocenters. The van der Waals surface area contributed by atoms with E-state index >= 15 is 0 Å². The molecule has 0 bridgehead atoms. The number of fused-ring (bicyclic) bond motifs is 1. The lowest BCUT2D eigenvalue weighted by Gasteiger charge is -2.29. The van der Waals surface area contributed by atoms with Crippen molar-refractivity contribution in [2.75, 3.05) is 34.5 Å². The molecule has 1 aliphatic rings. The number of rotatable bonds is 7. The minimum absolute atomic E-state index is 0.00924. The van der Waals surface area contributed by atoms with E-state index in [-0.39, 0.29) is 24.0 Å². The lowest BCUT2D eigenvalue weighted by Crippen LogP contribution is -2.38. The lowest BCUT2D eigenvalue weighted by molar-refractivity contribution is -0.135. The van der Waals surface area contributed by atoms with Crippen molar-refractivity contribution in [2.45, 2.75) is 13.0 Å². The zero-order chi connectivity index (χ0) is 23.4. The number of carbonyl (C=O) groups excluding carboxylic acids is 2. The van der Waals surface area contributed by atoms with Crippen LogP contribution in [0.15, 0.2) is 48.7 Å². The van der Waals surface area contributed by atoms with Crippen LogP contribution in [-0.2, 0) is 22.5 Å². The second-order valence-electron chi connectivity index (χ2n) is 7.44. The molecular formula is C24H25N3O6. The van der Waals surface area contributed by atoms with Crippen LogP contribution < -0.4 is 14.2 Å². The summed E-state index contributed by atoms with van der Waals surface area (Å²) in [6, 6.07) is 13.1. The highest BCUT2D eigenvalue weighted by Gasteiger charge is 2.25. The van der Waals surface area contributed by atoms with Crippen molar-refractivity contribution in [3.8, 4) is 22.9 Å². The molecule has 172 valence electrons. The molecule has 4 rings (SSSR count). The van der Waals surface area contributed by atoms with Gasteiger partial charge in [0.25, 0.3) is 5.91 Å². The average Bonchev–Trinajstić information content (AvgIpc) is 3.31. The van der Waals surface area contributed by atoms with Gasteiger partial charge in [0.15, 0.2) is 23.9 Å². The number of amides is 1. The molecule has 1 aliphatic heterocycles. The van der Waals surface area contributed by atoms with Crippen LogP contribution in [0.2, 0.25) is 0 Å². The molecular weight excluding hydrogens is 426 g/mol. The second kappa shape index (κ2) is 9.64. The normalized spacial score (nSPS) is 12.6. The second-order valence-corrected chi connectivity index (χ2v) is 7.44. The van der Waals surface area contributed by atoms with Crippen molar-refractivity contribution >= 4 is 11.9 Å². The fraction of sp³-hybridized carbons (Fsp3) is 0.292. The molecule has 2 aromatic carbocycles. The van der Waals surface area contributed by atoms with Crippen LogP contribution in [-0.4, -0.2) is 61.0 Å². The first-order chi connectivity index (χ1) is 16.0. The van der Waals surface area contributed by atoms with E-state index in [2.05, 4.69) is 5.10 Å². The molecule has 33 heavy (non-hydrogen) atoms. The quantitative estimate of drug-likeness (QED) is 0.510. The summed E-state index contributed by atoms with van der Waals surface area (Å²) in [6.45, 7) is 0.533. The van der Waals surface area contributed by atoms with E-state index < -0.39 is 5.97 Å². The number of aromatic nitrogens is 2. The molecule has 9 nitrogen and oxygen atoms in total. The highest BCUT2D eigenvalue weighted by Crippen LogP contribution is 2.33. The van der Waals surface area contributed by atoms with Gasteiger partial charge in [0, 0.05) is 13.1 Å². The topological polar surface area (TPSA) is 92.1 Å². The Morgan fingerprint density at radius 3 is 2.27 bits per heavy atom. The molecule has 0 saturated carbocycles. The summed E-state index contributed by atoms with van der Waals surface area (Å²) < 4.78 is 22.8. The number of para-hydroxylation sites is 1. The first-order valence-electron chi connectivity index (χ1n) is 10.4. The predicted octanol–water partition coefficient (Wildman–Crippen LogP) is 2.64. The van der Waals surface area contributed by atoms with Crippen LogP contribution in [0.5, 0.6) is 17.2 Å².